The van der Waals surface area contributed by atoms with E-state index >= 15 is 0 Å². The molecule has 2 aromatic rings. The van der Waals surface area contributed by atoms with E-state index in [1.54, 1.807) is 48.5 Å². The summed E-state index contributed by atoms with van der Waals surface area (Å²) in [4.78, 5) is 11.8. The first-order valence-electron chi connectivity index (χ1n) is 5.33. The van der Waals surface area contributed by atoms with E-state index in [0.717, 1.165) is 5.69 Å². The predicted octanol–water partition coefficient (Wildman–Crippen LogP) is 2.68. The van der Waals surface area contributed by atoms with Crippen LogP contribution in [0.3, 0.4) is 0 Å². The highest BCUT2D eigenvalue weighted by molar-refractivity contribution is 6.30. The smallest absolute Gasteiger partial charge is 0.271 e. The van der Waals surface area contributed by atoms with Crippen molar-refractivity contribution in [1.82, 2.24) is 5.43 Å². The van der Waals surface area contributed by atoms with Crippen LogP contribution in [0, 0.1) is 0 Å². The second kappa shape index (κ2) is 5.42. The Morgan fingerprint density at radius 3 is 2.39 bits per heavy atom. The zero-order valence-corrected chi connectivity index (χ0v) is 10.2. The Labute approximate surface area is 110 Å². The van der Waals surface area contributed by atoms with Gasteiger partial charge in [-0.2, -0.15) is 0 Å². The van der Waals surface area contributed by atoms with Crippen LogP contribution in [0.5, 0.6) is 0 Å². The number of nitrogen functional groups attached to an aromatic ring is 1. The normalized spacial score (nSPS) is 9.83. The molecule has 1 amide bonds. The van der Waals surface area contributed by atoms with E-state index in [1.165, 1.54) is 0 Å². The lowest BCUT2D eigenvalue weighted by Gasteiger charge is -2.09. The predicted molar refractivity (Wildman–Crippen MR) is 73.4 cm³/mol. The molecule has 5 heteroatoms. The fourth-order valence-corrected chi connectivity index (χ4v) is 1.56. The Kier molecular flexibility index (Phi) is 3.69. The van der Waals surface area contributed by atoms with Crippen LogP contribution in [0.4, 0.5) is 11.4 Å². The lowest BCUT2D eigenvalue weighted by atomic mass is 10.2. The van der Waals surface area contributed by atoms with Crippen LogP contribution in [0.2, 0.25) is 5.02 Å². The van der Waals surface area contributed by atoms with Gasteiger partial charge in [0.15, 0.2) is 0 Å². The number of hydrogen-bond donors (Lipinski definition) is 3. The molecule has 0 atom stereocenters. The van der Waals surface area contributed by atoms with Crippen molar-refractivity contribution in [2.45, 2.75) is 0 Å². The number of nitrogens with one attached hydrogen (secondary N) is 2. The van der Waals surface area contributed by atoms with Crippen molar-refractivity contribution >= 4 is 28.9 Å². The van der Waals surface area contributed by atoms with Gasteiger partial charge >= 0.3 is 0 Å². The average molecular weight is 262 g/mol. The van der Waals surface area contributed by atoms with Crippen LogP contribution < -0.4 is 16.6 Å². The van der Waals surface area contributed by atoms with Crippen LogP contribution in [-0.4, -0.2) is 5.91 Å². The number of para-hydroxylation sites is 1. The molecule has 0 unspecified atom stereocenters. The van der Waals surface area contributed by atoms with Gasteiger partial charge in [-0.05, 0) is 36.4 Å². The Morgan fingerprint density at radius 2 is 1.72 bits per heavy atom. The van der Waals surface area contributed by atoms with Gasteiger partial charge < -0.3 is 5.73 Å². The number of nitrogens with two attached hydrogens (primary N) is 1. The van der Waals surface area contributed by atoms with Crippen molar-refractivity contribution in [2.75, 3.05) is 11.2 Å². The zero-order valence-electron chi connectivity index (χ0n) is 9.48. The molecular weight excluding hydrogens is 250 g/mol. The number of hydrogen-bond acceptors (Lipinski definition) is 3. The largest absolute Gasteiger partial charge is 0.398 e. The average Bonchev–Trinajstić information content (AvgIpc) is 2.38. The van der Waals surface area contributed by atoms with Crippen molar-refractivity contribution in [3.8, 4) is 0 Å². The van der Waals surface area contributed by atoms with Crippen molar-refractivity contribution in [2.24, 2.45) is 0 Å². The molecule has 4 N–H and O–H groups in total. The molecule has 0 heterocycles. The van der Waals surface area contributed by atoms with Crippen molar-refractivity contribution in [3.05, 3.63) is 59.1 Å². The SMILES string of the molecule is Nc1ccccc1C(=O)NNc1ccc(Cl)cc1. The maximum atomic E-state index is 11.8. The summed E-state index contributed by atoms with van der Waals surface area (Å²) >= 11 is 5.76. The first-order valence-corrected chi connectivity index (χ1v) is 5.71. The summed E-state index contributed by atoms with van der Waals surface area (Å²) in [6.07, 6.45) is 0. The molecule has 0 saturated heterocycles. The van der Waals surface area contributed by atoms with E-state index in [2.05, 4.69) is 10.9 Å². The summed E-state index contributed by atoms with van der Waals surface area (Å²) in [5.41, 5.74) is 12.7. The quantitative estimate of drug-likeness (QED) is 0.588. The van der Waals surface area contributed by atoms with Gasteiger partial charge in [0, 0.05) is 10.7 Å². The molecule has 0 fully saturated rings. The number of carbonyl (C=O) groups excluding carboxylic acids is 1. The van der Waals surface area contributed by atoms with E-state index in [9.17, 15) is 4.79 Å². The number of carbonyl (C=O) groups is 1. The van der Waals surface area contributed by atoms with Crippen molar-refractivity contribution in [1.29, 1.82) is 0 Å². The van der Waals surface area contributed by atoms with Gasteiger partial charge in [-0.15, -0.1) is 0 Å². The zero-order chi connectivity index (χ0) is 13.0. The monoisotopic (exact) mass is 261 g/mol. The van der Waals surface area contributed by atoms with E-state index in [-0.39, 0.29) is 5.91 Å². The molecule has 0 aliphatic carbocycles. The van der Waals surface area contributed by atoms with Crippen molar-refractivity contribution in [3.63, 3.8) is 0 Å². The molecule has 0 aliphatic rings. The Balaban J connectivity index is 2.01. The maximum absolute atomic E-state index is 11.8. The molecule has 4 nitrogen and oxygen atoms in total. The minimum atomic E-state index is -0.289. The van der Waals surface area contributed by atoms with Gasteiger partial charge in [0.1, 0.15) is 0 Å². The number of hydrazine groups is 1. The van der Waals surface area contributed by atoms with E-state index in [1.807, 2.05) is 0 Å². The molecule has 0 aromatic heterocycles. The molecule has 18 heavy (non-hydrogen) atoms. The molecule has 0 aliphatic heterocycles. The highest BCUT2D eigenvalue weighted by Crippen LogP contribution is 2.13. The standard InChI is InChI=1S/C13H12ClN3O/c14-9-5-7-10(8-6-9)16-17-13(18)11-3-1-2-4-12(11)15/h1-8,16H,15H2,(H,17,18). The number of halogens is 1. The van der Waals surface area contributed by atoms with Gasteiger partial charge in [0.2, 0.25) is 0 Å². The summed E-state index contributed by atoms with van der Waals surface area (Å²) in [6.45, 7) is 0. The minimum Gasteiger partial charge on any atom is -0.398 e. The van der Waals surface area contributed by atoms with Gasteiger partial charge in [-0.3, -0.25) is 15.6 Å². The first-order chi connectivity index (χ1) is 8.66. The van der Waals surface area contributed by atoms with Crippen LogP contribution in [0.1, 0.15) is 10.4 Å². The lowest BCUT2D eigenvalue weighted by molar-refractivity contribution is 0.0963. The molecule has 92 valence electrons. The second-order valence-electron chi connectivity index (χ2n) is 3.67. The Morgan fingerprint density at radius 1 is 1.06 bits per heavy atom. The number of benzene rings is 2. The Bertz CT molecular complexity index is 554. The summed E-state index contributed by atoms with van der Waals surface area (Å²) in [6, 6.07) is 13.9. The number of rotatable bonds is 3. The summed E-state index contributed by atoms with van der Waals surface area (Å²) in [5.74, 6) is -0.289. The third-order valence-electron chi connectivity index (χ3n) is 2.37. The topological polar surface area (TPSA) is 67.2 Å². The second-order valence-corrected chi connectivity index (χ2v) is 4.11. The van der Waals surface area contributed by atoms with Crippen LogP contribution in [0.15, 0.2) is 48.5 Å². The van der Waals surface area contributed by atoms with Gasteiger partial charge in [-0.1, -0.05) is 23.7 Å². The molecule has 2 rings (SSSR count). The summed E-state index contributed by atoms with van der Waals surface area (Å²) < 4.78 is 0. The Hall–Kier alpha value is -2.20. The van der Waals surface area contributed by atoms with E-state index < -0.39 is 0 Å². The van der Waals surface area contributed by atoms with E-state index in [4.69, 9.17) is 17.3 Å². The molecule has 0 radical (unpaired) electrons. The van der Waals surface area contributed by atoms with Crippen LogP contribution >= 0.6 is 11.6 Å². The summed E-state index contributed by atoms with van der Waals surface area (Å²) in [7, 11) is 0. The van der Waals surface area contributed by atoms with E-state index in [0.29, 0.717) is 16.3 Å². The molecule has 0 saturated carbocycles. The highest BCUT2D eigenvalue weighted by Gasteiger charge is 2.07. The van der Waals surface area contributed by atoms with Gasteiger partial charge in [-0.25, -0.2) is 0 Å². The summed E-state index contributed by atoms with van der Waals surface area (Å²) in [5, 5.41) is 0.638. The highest BCUT2D eigenvalue weighted by atomic mass is 35.5. The number of amides is 1. The van der Waals surface area contributed by atoms with Gasteiger partial charge in [0.05, 0.1) is 11.3 Å². The van der Waals surface area contributed by atoms with Gasteiger partial charge in [0.25, 0.3) is 5.91 Å². The number of anilines is 2. The molecule has 0 spiro atoms. The first kappa shape index (κ1) is 12.3. The molecule has 0 bridgehead atoms. The molecule has 2 aromatic carbocycles. The van der Waals surface area contributed by atoms with Crippen LogP contribution in [-0.2, 0) is 0 Å². The fraction of sp³-hybridized carbons (Fsp3) is 0. The maximum Gasteiger partial charge on any atom is 0.271 e. The van der Waals surface area contributed by atoms with Crippen LogP contribution in [0.25, 0.3) is 0 Å². The third-order valence-corrected chi connectivity index (χ3v) is 2.62. The third kappa shape index (κ3) is 2.93. The fourth-order valence-electron chi connectivity index (χ4n) is 1.43. The van der Waals surface area contributed by atoms with Crippen molar-refractivity contribution < 1.29 is 4.79 Å². The lowest BCUT2D eigenvalue weighted by Crippen LogP contribution is -2.29. The molecular formula is C13H12ClN3O. The minimum absolute atomic E-state index is 0.289.